The molecule has 0 radical (unpaired) electrons. The van der Waals surface area contributed by atoms with Crippen molar-refractivity contribution in [2.45, 2.75) is 65.0 Å². The second-order valence-corrected chi connectivity index (χ2v) is 4.08. The molecule has 1 saturated heterocycles. The first-order valence-electron chi connectivity index (χ1n) is 5.55. The van der Waals surface area contributed by atoms with Gasteiger partial charge >= 0.3 is 0 Å². The first-order valence-corrected chi connectivity index (χ1v) is 5.55. The Labute approximate surface area is 77.1 Å². The standard InChI is InChI=1S/C11H23N/c1-4-6-9-12-10(3)7-8-11(12)5-2/h10-11H,4-9H2,1-3H3. The van der Waals surface area contributed by atoms with Crippen molar-refractivity contribution in [2.24, 2.45) is 0 Å². The van der Waals surface area contributed by atoms with E-state index < -0.39 is 0 Å². The van der Waals surface area contributed by atoms with Crippen LogP contribution >= 0.6 is 0 Å². The molecule has 0 aromatic carbocycles. The van der Waals surface area contributed by atoms with Gasteiger partial charge in [0.25, 0.3) is 0 Å². The Kier molecular flexibility index (Phi) is 4.07. The lowest BCUT2D eigenvalue weighted by Crippen LogP contribution is -2.34. The summed E-state index contributed by atoms with van der Waals surface area (Å²) in [4.78, 5) is 2.71. The minimum Gasteiger partial charge on any atom is -0.298 e. The normalized spacial score (nSPS) is 31.2. The highest BCUT2D eigenvalue weighted by atomic mass is 15.2. The van der Waals surface area contributed by atoms with Crippen molar-refractivity contribution in [2.75, 3.05) is 6.54 Å². The Morgan fingerprint density at radius 2 is 2.00 bits per heavy atom. The van der Waals surface area contributed by atoms with Crippen LogP contribution in [0.25, 0.3) is 0 Å². The molecule has 0 saturated carbocycles. The molecule has 0 aliphatic carbocycles. The lowest BCUT2D eigenvalue weighted by molar-refractivity contribution is 0.196. The van der Waals surface area contributed by atoms with Gasteiger partial charge in [-0.15, -0.1) is 0 Å². The number of rotatable bonds is 4. The van der Waals surface area contributed by atoms with E-state index in [9.17, 15) is 0 Å². The molecule has 0 spiro atoms. The molecular formula is C11H23N. The Morgan fingerprint density at radius 3 is 2.58 bits per heavy atom. The minimum absolute atomic E-state index is 0.849. The van der Waals surface area contributed by atoms with Crippen molar-refractivity contribution in [1.82, 2.24) is 4.90 Å². The van der Waals surface area contributed by atoms with Crippen LogP contribution in [0.15, 0.2) is 0 Å². The zero-order valence-corrected chi connectivity index (χ0v) is 8.84. The summed E-state index contributed by atoms with van der Waals surface area (Å²) in [6, 6.07) is 1.74. The van der Waals surface area contributed by atoms with Crippen LogP contribution < -0.4 is 0 Å². The summed E-state index contributed by atoms with van der Waals surface area (Å²) in [6.07, 6.45) is 6.90. The third-order valence-electron chi connectivity index (χ3n) is 3.19. The van der Waals surface area contributed by atoms with Gasteiger partial charge in [0.15, 0.2) is 0 Å². The zero-order valence-electron chi connectivity index (χ0n) is 8.84. The number of unbranched alkanes of at least 4 members (excludes halogenated alkanes) is 1. The van der Waals surface area contributed by atoms with E-state index in [1.807, 2.05) is 0 Å². The van der Waals surface area contributed by atoms with Gasteiger partial charge in [0, 0.05) is 12.1 Å². The van der Waals surface area contributed by atoms with E-state index in [1.54, 1.807) is 0 Å². The molecule has 12 heavy (non-hydrogen) atoms. The first kappa shape index (κ1) is 10.0. The Hall–Kier alpha value is -0.0400. The van der Waals surface area contributed by atoms with Crippen molar-refractivity contribution in [1.29, 1.82) is 0 Å². The van der Waals surface area contributed by atoms with Gasteiger partial charge in [0.2, 0.25) is 0 Å². The first-order chi connectivity index (χ1) is 5.79. The summed E-state index contributed by atoms with van der Waals surface area (Å²) in [5, 5.41) is 0. The summed E-state index contributed by atoms with van der Waals surface area (Å²) in [6.45, 7) is 8.31. The Bertz CT molecular complexity index is 122. The van der Waals surface area contributed by atoms with E-state index in [0.29, 0.717) is 0 Å². The van der Waals surface area contributed by atoms with Crippen LogP contribution in [0.4, 0.5) is 0 Å². The van der Waals surface area contributed by atoms with Gasteiger partial charge in [-0.1, -0.05) is 20.3 Å². The van der Waals surface area contributed by atoms with Crippen molar-refractivity contribution in [3.8, 4) is 0 Å². The van der Waals surface area contributed by atoms with Crippen LogP contribution in [0.2, 0.25) is 0 Å². The fraction of sp³-hybridized carbons (Fsp3) is 1.00. The van der Waals surface area contributed by atoms with Crippen LogP contribution in [0, 0.1) is 0 Å². The maximum absolute atomic E-state index is 2.71. The van der Waals surface area contributed by atoms with Gasteiger partial charge in [0.05, 0.1) is 0 Å². The van der Waals surface area contributed by atoms with Crippen LogP contribution in [-0.2, 0) is 0 Å². The molecule has 1 rings (SSSR count). The summed E-state index contributed by atoms with van der Waals surface area (Å²) in [7, 11) is 0. The van der Waals surface area contributed by atoms with Gasteiger partial charge in [-0.2, -0.15) is 0 Å². The smallest absolute Gasteiger partial charge is 0.00960 e. The van der Waals surface area contributed by atoms with E-state index in [4.69, 9.17) is 0 Å². The molecule has 0 N–H and O–H groups in total. The predicted molar refractivity (Wildman–Crippen MR) is 54.4 cm³/mol. The van der Waals surface area contributed by atoms with Gasteiger partial charge in [-0.25, -0.2) is 0 Å². The molecular weight excluding hydrogens is 146 g/mol. The lowest BCUT2D eigenvalue weighted by atomic mass is 10.1. The Morgan fingerprint density at radius 1 is 1.25 bits per heavy atom. The van der Waals surface area contributed by atoms with Crippen LogP contribution in [-0.4, -0.2) is 23.5 Å². The van der Waals surface area contributed by atoms with E-state index in [1.165, 1.54) is 38.6 Å². The van der Waals surface area contributed by atoms with E-state index in [-0.39, 0.29) is 0 Å². The van der Waals surface area contributed by atoms with Crippen molar-refractivity contribution >= 4 is 0 Å². The number of hydrogen-bond donors (Lipinski definition) is 0. The molecule has 0 aromatic rings. The molecule has 2 unspecified atom stereocenters. The maximum atomic E-state index is 2.71. The summed E-state index contributed by atoms with van der Waals surface area (Å²) >= 11 is 0. The number of likely N-dealkylation sites (tertiary alicyclic amines) is 1. The van der Waals surface area contributed by atoms with Crippen LogP contribution in [0.5, 0.6) is 0 Å². The molecule has 0 amide bonds. The fourth-order valence-corrected chi connectivity index (χ4v) is 2.31. The third kappa shape index (κ3) is 2.22. The fourth-order valence-electron chi connectivity index (χ4n) is 2.31. The number of hydrogen-bond acceptors (Lipinski definition) is 1. The maximum Gasteiger partial charge on any atom is 0.00960 e. The van der Waals surface area contributed by atoms with Gasteiger partial charge in [-0.3, -0.25) is 4.90 Å². The molecule has 1 aliphatic heterocycles. The average Bonchev–Trinajstić information content (AvgIpc) is 2.43. The minimum atomic E-state index is 0.849. The summed E-state index contributed by atoms with van der Waals surface area (Å²) in [5.74, 6) is 0. The van der Waals surface area contributed by atoms with Crippen LogP contribution in [0.1, 0.15) is 52.9 Å². The predicted octanol–water partition coefficient (Wildman–Crippen LogP) is 3.05. The highest BCUT2D eigenvalue weighted by Crippen LogP contribution is 2.25. The monoisotopic (exact) mass is 169 g/mol. The Balaban J connectivity index is 2.35. The molecule has 1 fully saturated rings. The summed E-state index contributed by atoms with van der Waals surface area (Å²) in [5.41, 5.74) is 0. The average molecular weight is 169 g/mol. The van der Waals surface area contributed by atoms with Crippen molar-refractivity contribution in [3.63, 3.8) is 0 Å². The second kappa shape index (κ2) is 4.86. The molecule has 1 heteroatoms. The van der Waals surface area contributed by atoms with Crippen molar-refractivity contribution < 1.29 is 0 Å². The highest BCUT2D eigenvalue weighted by molar-refractivity contribution is 4.83. The van der Waals surface area contributed by atoms with E-state index in [2.05, 4.69) is 25.7 Å². The zero-order chi connectivity index (χ0) is 8.97. The molecule has 0 bridgehead atoms. The SMILES string of the molecule is CCCCN1C(C)CCC1CC. The highest BCUT2D eigenvalue weighted by Gasteiger charge is 2.27. The molecule has 1 nitrogen and oxygen atoms in total. The molecule has 0 aromatic heterocycles. The van der Waals surface area contributed by atoms with Gasteiger partial charge < -0.3 is 0 Å². The quantitative estimate of drug-likeness (QED) is 0.625. The van der Waals surface area contributed by atoms with Crippen LogP contribution in [0.3, 0.4) is 0 Å². The second-order valence-electron chi connectivity index (χ2n) is 4.08. The van der Waals surface area contributed by atoms with E-state index in [0.717, 1.165) is 12.1 Å². The number of nitrogens with zero attached hydrogens (tertiary/aromatic N) is 1. The van der Waals surface area contributed by atoms with E-state index >= 15 is 0 Å². The molecule has 1 aliphatic rings. The third-order valence-corrected chi connectivity index (χ3v) is 3.19. The largest absolute Gasteiger partial charge is 0.298 e. The van der Waals surface area contributed by atoms with Gasteiger partial charge in [0.1, 0.15) is 0 Å². The summed E-state index contributed by atoms with van der Waals surface area (Å²) < 4.78 is 0. The van der Waals surface area contributed by atoms with Crippen molar-refractivity contribution in [3.05, 3.63) is 0 Å². The van der Waals surface area contributed by atoms with Gasteiger partial charge in [-0.05, 0) is 39.2 Å². The topological polar surface area (TPSA) is 3.24 Å². The molecule has 1 heterocycles. The lowest BCUT2D eigenvalue weighted by Gasteiger charge is -2.27. The molecule has 2 atom stereocenters. The molecule has 72 valence electrons.